The highest BCUT2D eigenvalue weighted by atomic mass is 19.1. The summed E-state index contributed by atoms with van der Waals surface area (Å²) in [6, 6.07) is 10.4. The van der Waals surface area contributed by atoms with Crippen LogP contribution in [0.4, 0.5) is 8.78 Å². The molecule has 124 valence electrons. The minimum absolute atomic E-state index is 0.179. The third-order valence-electron chi connectivity index (χ3n) is 3.84. The van der Waals surface area contributed by atoms with E-state index in [9.17, 15) is 8.78 Å². The molecule has 25 heavy (non-hydrogen) atoms. The number of benzene rings is 2. The van der Waals surface area contributed by atoms with Crippen molar-refractivity contribution >= 4 is 11.0 Å². The summed E-state index contributed by atoms with van der Waals surface area (Å²) in [4.78, 5) is 8.66. The summed E-state index contributed by atoms with van der Waals surface area (Å²) in [5.41, 5.74) is 2.52. The molecule has 0 amide bonds. The molecule has 7 heteroatoms. The lowest BCUT2D eigenvalue weighted by Crippen LogP contribution is -1.96. The molecular formula is C18H12F2N4O. The fourth-order valence-electron chi connectivity index (χ4n) is 2.63. The first-order valence-corrected chi connectivity index (χ1v) is 7.47. The maximum Gasteiger partial charge on any atom is 0.166 e. The third kappa shape index (κ3) is 2.59. The average molecular weight is 338 g/mol. The van der Waals surface area contributed by atoms with Gasteiger partial charge in [-0.05, 0) is 36.4 Å². The number of hydrogen-bond donors (Lipinski definition) is 1. The summed E-state index contributed by atoms with van der Waals surface area (Å²) in [6.07, 6.45) is 1.53. The Bertz CT molecular complexity index is 1060. The number of aromatic amines is 1. The van der Waals surface area contributed by atoms with E-state index >= 15 is 0 Å². The molecule has 2 aromatic heterocycles. The second kappa shape index (κ2) is 5.94. The van der Waals surface area contributed by atoms with Crippen LogP contribution in [0.1, 0.15) is 0 Å². The number of nitrogens with one attached hydrogen (secondary N) is 1. The Balaban J connectivity index is 1.91. The molecular weight excluding hydrogens is 326 g/mol. The SMILES string of the molecule is COc1cccc(F)c1-c1ncc2[nH]nc(-c3ccc(F)cc3)c2n1. The van der Waals surface area contributed by atoms with Crippen LogP contribution in [-0.4, -0.2) is 27.3 Å². The lowest BCUT2D eigenvalue weighted by atomic mass is 10.1. The maximum absolute atomic E-state index is 14.3. The second-order valence-electron chi connectivity index (χ2n) is 5.35. The number of halogens is 2. The molecule has 0 radical (unpaired) electrons. The number of hydrogen-bond acceptors (Lipinski definition) is 4. The summed E-state index contributed by atoms with van der Waals surface area (Å²) in [5.74, 6) is -0.293. The van der Waals surface area contributed by atoms with Gasteiger partial charge in [0.05, 0.1) is 18.9 Å². The van der Waals surface area contributed by atoms with Crippen LogP contribution in [0.25, 0.3) is 33.7 Å². The minimum Gasteiger partial charge on any atom is -0.496 e. The molecule has 5 nitrogen and oxygen atoms in total. The number of methoxy groups -OCH3 is 1. The highest BCUT2D eigenvalue weighted by Crippen LogP contribution is 2.32. The highest BCUT2D eigenvalue weighted by Gasteiger charge is 2.17. The fourth-order valence-corrected chi connectivity index (χ4v) is 2.63. The van der Waals surface area contributed by atoms with E-state index in [-0.39, 0.29) is 17.2 Å². The van der Waals surface area contributed by atoms with Crippen molar-refractivity contribution < 1.29 is 13.5 Å². The highest BCUT2D eigenvalue weighted by molar-refractivity contribution is 5.90. The predicted octanol–water partition coefficient (Wildman–Crippen LogP) is 3.97. The minimum atomic E-state index is -0.481. The molecule has 2 heterocycles. The van der Waals surface area contributed by atoms with E-state index in [1.807, 2.05) is 0 Å². The Morgan fingerprint density at radius 2 is 1.84 bits per heavy atom. The molecule has 4 rings (SSSR count). The smallest absolute Gasteiger partial charge is 0.166 e. The number of H-pyrrole nitrogens is 1. The molecule has 0 fully saturated rings. The Kier molecular flexibility index (Phi) is 3.61. The van der Waals surface area contributed by atoms with E-state index in [1.54, 1.807) is 24.3 Å². The molecule has 0 bridgehead atoms. The molecule has 0 atom stereocenters. The topological polar surface area (TPSA) is 63.7 Å². The van der Waals surface area contributed by atoms with Crippen molar-refractivity contribution in [2.75, 3.05) is 7.11 Å². The molecule has 0 saturated carbocycles. The summed E-state index contributed by atoms with van der Waals surface area (Å²) in [6.45, 7) is 0. The van der Waals surface area contributed by atoms with Crippen LogP contribution in [-0.2, 0) is 0 Å². The van der Waals surface area contributed by atoms with Gasteiger partial charge in [0, 0.05) is 5.56 Å². The molecule has 0 saturated heterocycles. The van der Waals surface area contributed by atoms with Crippen molar-refractivity contribution in [2.45, 2.75) is 0 Å². The zero-order valence-corrected chi connectivity index (χ0v) is 13.1. The first kappa shape index (κ1) is 15.2. The van der Waals surface area contributed by atoms with E-state index in [1.165, 1.54) is 31.5 Å². The maximum atomic E-state index is 14.3. The Labute approximate surface area is 141 Å². The van der Waals surface area contributed by atoms with E-state index in [0.29, 0.717) is 28.0 Å². The van der Waals surface area contributed by atoms with Crippen LogP contribution in [0.15, 0.2) is 48.7 Å². The molecule has 4 aromatic rings. The number of ether oxygens (including phenoxy) is 1. The van der Waals surface area contributed by atoms with Gasteiger partial charge >= 0.3 is 0 Å². The molecule has 0 aliphatic rings. The van der Waals surface area contributed by atoms with Crippen LogP contribution in [0.2, 0.25) is 0 Å². The molecule has 0 aliphatic carbocycles. The lowest BCUT2D eigenvalue weighted by Gasteiger charge is -2.08. The first-order valence-electron chi connectivity index (χ1n) is 7.47. The lowest BCUT2D eigenvalue weighted by molar-refractivity contribution is 0.413. The van der Waals surface area contributed by atoms with Crippen LogP contribution < -0.4 is 4.74 Å². The zero-order chi connectivity index (χ0) is 17.4. The van der Waals surface area contributed by atoms with Crippen LogP contribution >= 0.6 is 0 Å². The van der Waals surface area contributed by atoms with Gasteiger partial charge in [0.1, 0.15) is 34.1 Å². The van der Waals surface area contributed by atoms with E-state index in [2.05, 4.69) is 20.2 Å². The third-order valence-corrected chi connectivity index (χ3v) is 3.84. The van der Waals surface area contributed by atoms with Crippen LogP contribution in [0, 0.1) is 11.6 Å². The molecule has 0 spiro atoms. The van der Waals surface area contributed by atoms with Crippen molar-refractivity contribution in [3.63, 3.8) is 0 Å². The van der Waals surface area contributed by atoms with Crippen molar-refractivity contribution in [3.05, 3.63) is 60.3 Å². The van der Waals surface area contributed by atoms with Gasteiger partial charge < -0.3 is 4.74 Å². The largest absolute Gasteiger partial charge is 0.496 e. The predicted molar refractivity (Wildman–Crippen MR) is 89.0 cm³/mol. The molecule has 2 aromatic carbocycles. The number of nitrogens with zero attached hydrogens (tertiary/aromatic N) is 3. The molecule has 1 N–H and O–H groups in total. The van der Waals surface area contributed by atoms with Crippen LogP contribution in [0.3, 0.4) is 0 Å². The Morgan fingerprint density at radius 3 is 2.60 bits per heavy atom. The first-order chi connectivity index (χ1) is 12.2. The second-order valence-corrected chi connectivity index (χ2v) is 5.35. The standard InChI is InChI=1S/C18H12F2N4O/c1-25-14-4-2-3-12(20)15(14)18-21-9-13-17(22-18)16(24-23-13)10-5-7-11(19)8-6-10/h2-9H,1H3,(H,23,24). The van der Waals surface area contributed by atoms with Gasteiger partial charge in [0.25, 0.3) is 0 Å². The van der Waals surface area contributed by atoms with E-state index < -0.39 is 5.82 Å². The Morgan fingerprint density at radius 1 is 1.04 bits per heavy atom. The molecule has 0 aliphatic heterocycles. The van der Waals surface area contributed by atoms with Gasteiger partial charge in [-0.15, -0.1) is 0 Å². The van der Waals surface area contributed by atoms with Gasteiger partial charge in [-0.2, -0.15) is 5.10 Å². The van der Waals surface area contributed by atoms with E-state index in [4.69, 9.17) is 4.74 Å². The van der Waals surface area contributed by atoms with Gasteiger partial charge in [-0.25, -0.2) is 18.7 Å². The summed E-state index contributed by atoms with van der Waals surface area (Å²) < 4.78 is 32.7. The van der Waals surface area contributed by atoms with Crippen molar-refractivity contribution in [2.24, 2.45) is 0 Å². The van der Waals surface area contributed by atoms with Crippen molar-refractivity contribution in [1.82, 2.24) is 20.2 Å². The van der Waals surface area contributed by atoms with E-state index in [0.717, 1.165) is 0 Å². The Hall–Kier alpha value is -3.35. The molecule has 0 unspecified atom stereocenters. The number of fused-ring (bicyclic) bond motifs is 1. The van der Waals surface area contributed by atoms with Gasteiger partial charge in [-0.1, -0.05) is 6.07 Å². The quantitative estimate of drug-likeness (QED) is 0.614. The van der Waals surface area contributed by atoms with Gasteiger partial charge in [-0.3, -0.25) is 5.10 Å². The summed E-state index contributed by atoms with van der Waals surface area (Å²) in [7, 11) is 1.46. The number of rotatable bonds is 3. The van der Waals surface area contributed by atoms with Gasteiger partial charge in [0.15, 0.2) is 5.82 Å². The zero-order valence-electron chi connectivity index (χ0n) is 13.1. The summed E-state index contributed by atoms with van der Waals surface area (Å²) in [5, 5.41) is 7.05. The summed E-state index contributed by atoms with van der Waals surface area (Å²) >= 11 is 0. The van der Waals surface area contributed by atoms with Crippen LogP contribution in [0.5, 0.6) is 5.75 Å². The number of aromatic nitrogens is 4. The normalized spacial score (nSPS) is 11.0. The van der Waals surface area contributed by atoms with Gasteiger partial charge in [0.2, 0.25) is 0 Å². The fraction of sp³-hybridized carbons (Fsp3) is 0.0556. The van der Waals surface area contributed by atoms with Crippen molar-refractivity contribution in [3.8, 4) is 28.4 Å². The van der Waals surface area contributed by atoms with Crippen molar-refractivity contribution in [1.29, 1.82) is 0 Å². The average Bonchev–Trinajstić information content (AvgIpc) is 3.05. The monoisotopic (exact) mass is 338 g/mol.